The number of benzene rings is 1. The van der Waals surface area contributed by atoms with Crippen LogP contribution in [-0.4, -0.2) is 5.97 Å². The molecule has 1 aromatic carbocycles. The summed E-state index contributed by atoms with van der Waals surface area (Å²) in [5, 5.41) is 11.3. The Morgan fingerprint density at radius 1 is 1.04 bits per heavy atom. The minimum absolute atomic E-state index is 0.248. The Kier molecular flexibility index (Phi) is 6.17. The molecule has 1 aromatic rings. The second-order valence-electron chi connectivity index (χ2n) is 8.51. The Morgan fingerprint density at radius 3 is 2.07 bits per heavy atom. The minimum atomic E-state index is -1.44. The van der Waals surface area contributed by atoms with Gasteiger partial charge in [0.1, 0.15) is 0 Å². The predicted molar refractivity (Wildman–Crippen MR) is 95.3 cm³/mol. The zero-order valence-corrected chi connectivity index (χ0v) is 15.9. The van der Waals surface area contributed by atoms with Gasteiger partial charge in [0.2, 0.25) is 0 Å². The fourth-order valence-corrected chi connectivity index (χ4v) is 5.56. The van der Waals surface area contributed by atoms with Gasteiger partial charge in [-0.05, 0) is 79.4 Å². The molecule has 150 valence electrons. The molecule has 0 N–H and O–H groups in total. The molecule has 0 unspecified atom stereocenters. The first-order valence-electron chi connectivity index (χ1n) is 10.2. The number of carboxylic acid groups (broad SMARTS) is 1. The van der Waals surface area contributed by atoms with Gasteiger partial charge in [0, 0.05) is 5.97 Å². The first kappa shape index (κ1) is 20.2. The molecule has 0 saturated heterocycles. The van der Waals surface area contributed by atoms with E-state index in [-0.39, 0.29) is 5.92 Å². The summed E-state index contributed by atoms with van der Waals surface area (Å²) in [6, 6.07) is 2.27. The van der Waals surface area contributed by atoms with Crippen molar-refractivity contribution in [2.75, 3.05) is 0 Å². The second kappa shape index (κ2) is 8.24. The number of carbonyl (C=O) groups excluding carboxylic acids is 1. The number of carbonyl (C=O) groups is 1. The Hall–Kier alpha value is -1.52. The number of rotatable bonds is 5. The normalized spacial score (nSPS) is 31.6. The van der Waals surface area contributed by atoms with Crippen LogP contribution in [0.2, 0.25) is 0 Å². The third-order valence-corrected chi connectivity index (χ3v) is 7.10. The van der Waals surface area contributed by atoms with Crippen LogP contribution >= 0.6 is 0 Å². The molecule has 0 aromatic heterocycles. The summed E-state index contributed by atoms with van der Waals surface area (Å²) in [6.45, 7) is 2.18. The van der Waals surface area contributed by atoms with Crippen LogP contribution in [0.15, 0.2) is 12.1 Å². The number of carboxylic acids is 1. The molecule has 2 aliphatic carbocycles. The summed E-state index contributed by atoms with van der Waals surface area (Å²) < 4.78 is 41.5. The van der Waals surface area contributed by atoms with Crippen LogP contribution < -0.4 is 5.11 Å². The zero-order valence-electron chi connectivity index (χ0n) is 15.9. The van der Waals surface area contributed by atoms with Gasteiger partial charge in [0.15, 0.2) is 17.5 Å². The van der Waals surface area contributed by atoms with Gasteiger partial charge in [-0.15, -0.1) is 0 Å². The highest BCUT2D eigenvalue weighted by Gasteiger charge is 2.45. The molecule has 0 aliphatic heterocycles. The van der Waals surface area contributed by atoms with Crippen molar-refractivity contribution >= 4 is 5.97 Å². The quantitative estimate of drug-likeness (QED) is 0.682. The lowest BCUT2D eigenvalue weighted by atomic mass is 9.56. The zero-order chi connectivity index (χ0) is 19.6. The number of halogens is 3. The third kappa shape index (κ3) is 4.02. The van der Waals surface area contributed by atoms with E-state index in [1.807, 2.05) is 0 Å². The lowest BCUT2D eigenvalue weighted by Crippen LogP contribution is -2.44. The molecule has 0 atom stereocenters. The molecular formula is C22H28F3O2-. The van der Waals surface area contributed by atoms with Crippen molar-refractivity contribution < 1.29 is 23.1 Å². The highest BCUT2D eigenvalue weighted by atomic mass is 19.2. The maximum Gasteiger partial charge on any atom is 0.194 e. The molecule has 2 aliphatic rings. The summed E-state index contributed by atoms with van der Waals surface area (Å²) in [7, 11) is 0. The lowest BCUT2D eigenvalue weighted by molar-refractivity contribution is -0.312. The summed E-state index contributed by atoms with van der Waals surface area (Å²) in [5.74, 6) is -4.38. The van der Waals surface area contributed by atoms with Crippen LogP contribution in [0.25, 0.3) is 0 Å². The summed E-state index contributed by atoms with van der Waals surface area (Å²) in [5.41, 5.74) is 0.0213. The van der Waals surface area contributed by atoms with E-state index in [0.29, 0.717) is 37.2 Å². The molecule has 0 bridgehead atoms. The molecule has 0 heterocycles. The van der Waals surface area contributed by atoms with Crippen LogP contribution in [0.1, 0.15) is 76.7 Å². The molecule has 3 rings (SSSR count). The van der Waals surface area contributed by atoms with Crippen LogP contribution in [0, 0.1) is 35.2 Å². The van der Waals surface area contributed by atoms with Gasteiger partial charge in [0.25, 0.3) is 0 Å². The first-order chi connectivity index (χ1) is 12.9. The van der Waals surface area contributed by atoms with Crippen LogP contribution in [0.3, 0.4) is 0 Å². The molecule has 0 amide bonds. The maximum atomic E-state index is 14.0. The number of hydrogen-bond donors (Lipinski definition) is 0. The molecule has 27 heavy (non-hydrogen) atoms. The second-order valence-corrected chi connectivity index (χ2v) is 8.51. The van der Waals surface area contributed by atoms with Gasteiger partial charge in [-0.25, -0.2) is 13.2 Å². The average molecular weight is 381 g/mol. The molecule has 0 radical (unpaired) electrons. The van der Waals surface area contributed by atoms with E-state index < -0.39 is 34.8 Å². The van der Waals surface area contributed by atoms with E-state index >= 15 is 0 Å². The van der Waals surface area contributed by atoms with E-state index in [2.05, 4.69) is 6.92 Å². The van der Waals surface area contributed by atoms with E-state index in [9.17, 15) is 23.1 Å². The van der Waals surface area contributed by atoms with Crippen molar-refractivity contribution in [1.29, 1.82) is 0 Å². The summed E-state index contributed by atoms with van der Waals surface area (Å²) in [6.07, 6.45) is 8.48. The van der Waals surface area contributed by atoms with Crippen molar-refractivity contribution in [3.8, 4) is 0 Å². The number of aliphatic carboxylic acids is 1. The largest absolute Gasteiger partial charge is 0.550 e. The highest BCUT2D eigenvalue weighted by molar-refractivity contribution is 5.67. The Balaban J connectivity index is 1.90. The van der Waals surface area contributed by atoms with E-state index in [1.165, 1.54) is 6.42 Å². The Labute approximate surface area is 159 Å². The van der Waals surface area contributed by atoms with Crippen LogP contribution in [0.5, 0.6) is 0 Å². The SMILES string of the molecule is CCCC1CCC(C2(c3cc(F)c(F)c(F)c3)CCC(C(=O)[O-])CC2)CC1. The van der Waals surface area contributed by atoms with Crippen molar-refractivity contribution in [2.45, 2.75) is 76.5 Å². The van der Waals surface area contributed by atoms with Gasteiger partial charge in [0.05, 0.1) is 0 Å². The molecule has 0 spiro atoms. The fraction of sp³-hybridized carbons (Fsp3) is 0.682. The van der Waals surface area contributed by atoms with Gasteiger partial charge in [-0.3, -0.25) is 0 Å². The monoisotopic (exact) mass is 381 g/mol. The first-order valence-corrected chi connectivity index (χ1v) is 10.2. The van der Waals surface area contributed by atoms with E-state index in [4.69, 9.17) is 0 Å². The van der Waals surface area contributed by atoms with Crippen LogP contribution in [0.4, 0.5) is 13.2 Å². The van der Waals surface area contributed by atoms with Crippen LogP contribution in [-0.2, 0) is 10.2 Å². The number of hydrogen-bond acceptors (Lipinski definition) is 2. The minimum Gasteiger partial charge on any atom is -0.550 e. The third-order valence-electron chi connectivity index (χ3n) is 7.10. The van der Waals surface area contributed by atoms with Gasteiger partial charge in [-0.2, -0.15) is 0 Å². The van der Waals surface area contributed by atoms with Gasteiger partial charge in [-0.1, -0.05) is 32.6 Å². The van der Waals surface area contributed by atoms with E-state index in [0.717, 1.165) is 44.2 Å². The van der Waals surface area contributed by atoms with Gasteiger partial charge >= 0.3 is 0 Å². The molecule has 5 heteroatoms. The van der Waals surface area contributed by atoms with Gasteiger partial charge < -0.3 is 9.90 Å². The molecule has 2 fully saturated rings. The van der Waals surface area contributed by atoms with E-state index in [1.54, 1.807) is 0 Å². The van der Waals surface area contributed by atoms with Crippen molar-refractivity contribution in [3.63, 3.8) is 0 Å². The molecular weight excluding hydrogens is 353 g/mol. The average Bonchev–Trinajstić information content (AvgIpc) is 2.66. The summed E-state index contributed by atoms with van der Waals surface area (Å²) in [4.78, 5) is 11.3. The van der Waals surface area contributed by atoms with Crippen molar-refractivity contribution in [3.05, 3.63) is 35.1 Å². The fourth-order valence-electron chi connectivity index (χ4n) is 5.56. The topological polar surface area (TPSA) is 40.1 Å². The smallest absolute Gasteiger partial charge is 0.194 e. The Morgan fingerprint density at radius 2 is 1.59 bits per heavy atom. The standard InChI is InChI=1S/C22H29F3O2/c1-2-3-14-4-6-16(7-5-14)22(10-8-15(9-11-22)21(26)27)17-12-18(23)20(25)19(24)13-17/h12-16H,2-11H2,1H3,(H,26,27)/p-1. The maximum absolute atomic E-state index is 14.0. The predicted octanol–water partition coefficient (Wildman–Crippen LogP) is 4.89. The molecule has 2 nitrogen and oxygen atoms in total. The highest BCUT2D eigenvalue weighted by Crippen LogP contribution is 2.52. The summed E-state index contributed by atoms with van der Waals surface area (Å²) >= 11 is 0. The van der Waals surface area contributed by atoms with Crippen molar-refractivity contribution in [2.24, 2.45) is 17.8 Å². The molecule has 2 saturated carbocycles. The van der Waals surface area contributed by atoms with Crippen molar-refractivity contribution in [1.82, 2.24) is 0 Å². The Bertz CT molecular complexity index is 649. The lowest BCUT2D eigenvalue weighted by Gasteiger charge is -2.48.